The monoisotopic (exact) mass is 269 g/mol. The van der Waals surface area contributed by atoms with Crippen LogP contribution in [0.3, 0.4) is 0 Å². The smallest absolute Gasteiger partial charge is 0.151 e. The molecule has 3 rings (SSSR count). The van der Waals surface area contributed by atoms with Crippen molar-refractivity contribution in [2.75, 3.05) is 18.1 Å². The first kappa shape index (κ1) is 13.1. The van der Waals surface area contributed by atoms with Crippen LogP contribution in [0, 0.1) is 6.92 Å². The molecule has 1 atom stereocenters. The van der Waals surface area contributed by atoms with Crippen LogP contribution in [0.5, 0.6) is 0 Å². The van der Waals surface area contributed by atoms with Crippen molar-refractivity contribution in [2.24, 2.45) is 0 Å². The third-order valence-corrected chi connectivity index (χ3v) is 3.88. The van der Waals surface area contributed by atoms with Crippen LogP contribution in [0.15, 0.2) is 36.4 Å². The predicted molar refractivity (Wildman–Crippen MR) is 79.7 cm³/mol. The summed E-state index contributed by atoms with van der Waals surface area (Å²) >= 11 is 0. The first-order chi connectivity index (χ1) is 9.78. The summed E-state index contributed by atoms with van der Waals surface area (Å²) in [6, 6.07) is 12.5. The average Bonchev–Trinajstić information content (AvgIpc) is 2.97. The Morgan fingerprint density at radius 3 is 2.60 bits per heavy atom. The Hall–Kier alpha value is -1.94. The zero-order valence-corrected chi connectivity index (χ0v) is 11.7. The summed E-state index contributed by atoms with van der Waals surface area (Å²) in [6.45, 7) is 3.20. The maximum Gasteiger partial charge on any atom is 0.151 e. The molecule has 0 radical (unpaired) electrons. The van der Waals surface area contributed by atoms with Crippen molar-refractivity contribution in [2.45, 2.75) is 25.8 Å². The Labute approximate surface area is 119 Å². The van der Waals surface area contributed by atoms with Gasteiger partial charge in [-0.3, -0.25) is 0 Å². The van der Waals surface area contributed by atoms with Gasteiger partial charge >= 0.3 is 0 Å². The predicted octanol–water partition coefficient (Wildman–Crippen LogP) is 2.41. The molecule has 1 saturated heterocycles. The van der Waals surface area contributed by atoms with E-state index in [1.807, 2.05) is 12.1 Å². The zero-order valence-electron chi connectivity index (χ0n) is 11.7. The minimum absolute atomic E-state index is 0.182. The Kier molecular flexibility index (Phi) is 3.65. The molecule has 1 fully saturated rings. The van der Waals surface area contributed by atoms with Crippen molar-refractivity contribution in [3.05, 3.63) is 42.0 Å². The second kappa shape index (κ2) is 5.59. The third kappa shape index (κ3) is 2.51. The lowest BCUT2D eigenvalue weighted by Crippen LogP contribution is -2.32. The fourth-order valence-electron chi connectivity index (χ4n) is 2.68. The lowest BCUT2D eigenvalue weighted by Gasteiger charge is -2.23. The highest BCUT2D eigenvalue weighted by atomic mass is 16.3. The van der Waals surface area contributed by atoms with Gasteiger partial charge in [0, 0.05) is 12.1 Å². The minimum Gasteiger partial charge on any atom is -0.394 e. The average molecular weight is 269 g/mol. The van der Waals surface area contributed by atoms with Gasteiger partial charge in [0.2, 0.25) is 0 Å². The van der Waals surface area contributed by atoms with Crippen LogP contribution in [-0.4, -0.2) is 34.5 Å². The number of aliphatic hydroxyl groups excluding tert-OH is 1. The second-order valence-corrected chi connectivity index (χ2v) is 5.31. The third-order valence-electron chi connectivity index (χ3n) is 3.88. The van der Waals surface area contributed by atoms with E-state index in [0.29, 0.717) is 0 Å². The summed E-state index contributed by atoms with van der Waals surface area (Å²) in [4.78, 5) is 2.14. The highest BCUT2D eigenvalue weighted by molar-refractivity contribution is 5.60. The van der Waals surface area contributed by atoms with Gasteiger partial charge in [-0.1, -0.05) is 29.8 Å². The molecule has 0 saturated carbocycles. The van der Waals surface area contributed by atoms with E-state index < -0.39 is 0 Å². The Morgan fingerprint density at radius 2 is 1.95 bits per heavy atom. The van der Waals surface area contributed by atoms with Crippen molar-refractivity contribution in [1.29, 1.82) is 0 Å². The van der Waals surface area contributed by atoms with Crippen LogP contribution in [-0.2, 0) is 0 Å². The van der Waals surface area contributed by atoms with Crippen LogP contribution in [0.4, 0.5) is 5.82 Å². The van der Waals surface area contributed by atoms with Gasteiger partial charge in [-0.2, -0.15) is 0 Å². The molecule has 1 aliphatic heterocycles. The van der Waals surface area contributed by atoms with E-state index in [9.17, 15) is 5.11 Å². The standard InChI is InChI=1S/C16H19N3O/c1-12-4-6-13(7-5-12)15-8-9-16(18-17-15)19-10-2-3-14(19)11-20/h4-9,14,20H,2-3,10-11H2,1H3. The SMILES string of the molecule is Cc1ccc(-c2ccc(N3CCCC3CO)nn2)cc1. The zero-order chi connectivity index (χ0) is 13.9. The van der Waals surface area contributed by atoms with Gasteiger partial charge in [0.05, 0.1) is 18.3 Å². The van der Waals surface area contributed by atoms with E-state index in [2.05, 4.69) is 46.3 Å². The lowest BCUT2D eigenvalue weighted by atomic mass is 10.1. The Bertz CT molecular complexity index is 565. The summed E-state index contributed by atoms with van der Waals surface area (Å²) in [5.41, 5.74) is 3.20. The molecule has 1 aromatic carbocycles. The summed E-state index contributed by atoms with van der Waals surface area (Å²) in [5, 5.41) is 18.0. The van der Waals surface area contributed by atoms with Crippen molar-refractivity contribution in [3.8, 4) is 11.3 Å². The fourth-order valence-corrected chi connectivity index (χ4v) is 2.68. The first-order valence-corrected chi connectivity index (χ1v) is 7.06. The van der Waals surface area contributed by atoms with Crippen LogP contribution < -0.4 is 4.90 Å². The van der Waals surface area contributed by atoms with Crippen LogP contribution >= 0.6 is 0 Å². The van der Waals surface area contributed by atoms with E-state index in [0.717, 1.165) is 36.5 Å². The number of aromatic nitrogens is 2. The van der Waals surface area contributed by atoms with Crippen LogP contribution in [0.2, 0.25) is 0 Å². The molecule has 2 aromatic rings. The number of hydrogen-bond donors (Lipinski definition) is 1. The Balaban J connectivity index is 1.82. The van der Waals surface area contributed by atoms with Gasteiger partial charge in [-0.25, -0.2) is 0 Å². The maximum atomic E-state index is 9.37. The second-order valence-electron chi connectivity index (χ2n) is 5.31. The number of nitrogens with zero attached hydrogens (tertiary/aromatic N) is 3. The van der Waals surface area contributed by atoms with E-state index in [-0.39, 0.29) is 12.6 Å². The number of rotatable bonds is 3. The van der Waals surface area contributed by atoms with Crippen LogP contribution in [0.1, 0.15) is 18.4 Å². The highest BCUT2D eigenvalue weighted by Crippen LogP contribution is 2.24. The maximum absolute atomic E-state index is 9.37. The number of hydrogen-bond acceptors (Lipinski definition) is 4. The van der Waals surface area contributed by atoms with E-state index >= 15 is 0 Å². The summed E-state index contributed by atoms with van der Waals surface area (Å²) in [6.07, 6.45) is 2.13. The van der Waals surface area contributed by atoms with E-state index in [1.165, 1.54) is 5.56 Å². The van der Waals surface area contributed by atoms with E-state index in [4.69, 9.17) is 0 Å². The molecule has 0 bridgehead atoms. The molecule has 2 heterocycles. The molecule has 4 nitrogen and oxygen atoms in total. The normalized spacial score (nSPS) is 18.5. The molecule has 104 valence electrons. The molecule has 20 heavy (non-hydrogen) atoms. The number of benzene rings is 1. The molecule has 4 heteroatoms. The van der Waals surface area contributed by atoms with Gasteiger partial charge < -0.3 is 10.0 Å². The van der Waals surface area contributed by atoms with Crippen molar-refractivity contribution >= 4 is 5.82 Å². The molecular weight excluding hydrogens is 250 g/mol. The van der Waals surface area contributed by atoms with Gasteiger partial charge in [0.15, 0.2) is 5.82 Å². The van der Waals surface area contributed by atoms with Gasteiger partial charge in [-0.15, -0.1) is 10.2 Å². The molecule has 1 N–H and O–H groups in total. The first-order valence-electron chi connectivity index (χ1n) is 7.06. The lowest BCUT2D eigenvalue weighted by molar-refractivity contribution is 0.266. The van der Waals surface area contributed by atoms with Crippen molar-refractivity contribution in [3.63, 3.8) is 0 Å². The highest BCUT2D eigenvalue weighted by Gasteiger charge is 2.25. The molecular formula is C16H19N3O. The molecule has 1 aliphatic rings. The molecule has 1 unspecified atom stereocenters. The summed E-state index contributed by atoms with van der Waals surface area (Å²) in [5.74, 6) is 0.859. The number of anilines is 1. The molecule has 1 aromatic heterocycles. The van der Waals surface area contributed by atoms with Gasteiger partial charge in [0.25, 0.3) is 0 Å². The quantitative estimate of drug-likeness (QED) is 0.929. The molecule has 0 amide bonds. The number of aryl methyl sites for hydroxylation is 1. The van der Waals surface area contributed by atoms with E-state index in [1.54, 1.807) is 0 Å². The van der Waals surface area contributed by atoms with Gasteiger partial charge in [-0.05, 0) is 31.9 Å². The topological polar surface area (TPSA) is 49.2 Å². The molecule has 0 spiro atoms. The van der Waals surface area contributed by atoms with Gasteiger partial charge in [0.1, 0.15) is 0 Å². The fraction of sp³-hybridized carbons (Fsp3) is 0.375. The van der Waals surface area contributed by atoms with Crippen molar-refractivity contribution < 1.29 is 5.11 Å². The minimum atomic E-state index is 0.182. The number of aliphatic hydroxyl groups is 1. The molecule has 0 aliphatic carbocycles. The largest absolute Gasteiger partial charge is 0.394 e. The summed E-state index contributed by atoms with van der Waals surface area (Å²) in [7, 11) is 0. The van der Waals surface area contributed by atoms with Crippen LogP contribution in [0.25, 0.3) is 11.3 Å². The van der Waals surface area contributed by atoms with Crippen molar-refractivity contribution in [1.82, 2.24) is 10.2 Å². The summed E-state index contributed by atoms with van der Waals surface area (Å²) < 4.78 is 0. The Morgan fingerprint density at radius 1 is 1.15 bits per heavy atom.